The first-order valence-corrected chi connectivity index (χ1v) is 6.37. The van der Waals surface area contributed by atoms with Gasteiger partial charge in [0.1, 0.15) is 0 Å². The van der Waals surface area contributed by atoms with Gasteiger partial charge < -0.3 is 14.8 Å². The van der Waals surface area contributed by atoms with Gasteiger partial charge in [0.15, 0.2) is 0 Å². The number of rotatable bonds is 6. The smallest absolute Gasteiger partial charge is 0.337 e. The number of carbonyl (C=O) groups excluding carboxylic acids is 3. The maximum absolute atomic E-state index is 11.4. The van der Waals surface area contributed by atoms with Gasteiger partial charge in [-0.3, -0.25) is 9.59 Å². The van der Waals surface area contributed by atoms with Crippen LogP contribution < -0.4 is 10.7 Å². The molecule has 2 N–H and O–H groups in total. The van der Waals surface area contributed by atoms with Crippen molar-refractivity contribution in [1.82, 2.24) is 10.7 Å². The summed E-state index contributed by atoms with van der Waals surface area (Å²) < 4.78 is 9.31. The second-order valence-corrected chi connectivity index (χ2v) is 4.06. The number of amides is 2. The lowest BCUT2D eigenvalue weighted by Crippen LogP contribution is -2.39. The minimum atomic E-state index is -0.876. The normalized spacial score (nSPS) is 10.3. The highest BCUT2D eigenvalue weighted by Gasteiger charge is 2.11. The maximum Gasteiger partial charge on any atom is 0.337 e. The van der Waals surface area contributed by atoms with E-state index in [1.807, 2.05) is 0 Å². The van der Waals surface area contributed by atoms with Gasteiger partial charge in [0.25, 0.3) is 0 Å². The Morgan fingerprint density at radius 3 is 2.41 bits per heavy atom. The quantitative estimate of drug-likeness (QED) is 0.246. The van der Waals surface area contributed by atoms with Crippen LogP contribution in [0.2, 0.25) is 0 Å². The van der Waals surface area contributed by atoms with E-state index < -0.39 is 17.8 Å². The standard InChI is InChI=1S/C14H17N3O5/c1-21-8-7-15-12(18)13(19)17-16-9-10-3-5-11(6-4-10)14(20)22-2/h3-6,9H,7-8H2,1-2H3,(H,15,18)(H,17,19)/b16-9-. The van der Waals surface area contributed by atoms with Gasteiger partial charge in [-0.05, 0) is 17.7 Å². The first kappa shape index (κ1) is 17.3. The molecule has 0 aliphatic rings. The third kappa shape index (κ3) is 5.71. The van der Waals surface area contributed by atoms with Gasteiger partial charge in [0.2, 0.25) is 0 Å². The van der Waals surface area contributed by atoms with Gasteiger partial charge >= 0.3 is 17.8 Å². The molecule has 22 heavy (non-hydrogen) atoms. The molecule has 1 rings (SSSR count). The number of methoxy groups -OCH3 is 2. The molecule has 0 aliphatic heterocycles. The van der Waals surface area contributed by atoms with Crippen molar-refractivity contribution >= 4 is 24.0 Å². The number of carbonyl (C=O) groups is 3. The molecular weight excluding hydrogens is 290 g/mol. The molecule has 0 fully saturated rings. The summed E-state index contributed by atoms with van der Waals surface area (Å²) in [5.41, 5.74) is 3.14. The highest BCUT2D eigenvalue weighted by atomic mass is 16.5. The number of hydrogen-bond donors (Lipinski definition) is 2. The first-order valence-electron chi connectivity index (χ1n) is 6.37. The van der Waals surface area contributed by atoms with E-state index in [-0.39, 0.29) is 6.54 Å². The average molecular weight is 307 g/mol. The van der Waals surface area contributed by atoms with Crippen molar-refractivity contribution in [2.24, 2.45) is 5.10 Å². The Kier molecular flexibility index (Phi) is 7.27. The lowest BCUT2D eigenvalue weighted by atomic mass is 10.1. The van der Waals surface area contributed by atoms with Gasteiger partial charge in [-0.15, -0.1) is 0 Å². The Hall–Kier alpha value is -2.74. The van der Waals surface area contributed by atoms with Crippen molar-refractivity contribution in [3.8, 4) is 0 Å². The van der Waals surface area contributed by atoms with E-state index in [1.165, 1.54) is 20.4 Å². The molecule has 0 bridgehead atoms. The van der Waals surface area contributed by atoms with E-state index in [0.29, 0.717) is 17.7 Å². The fraction of sp³-hybridized carbons (Fsp3) is 0.286. The Morgan fingerprint density at radius 2 is 1.82 bits per heavy atom. The lowest BCUT2D eigenvalue weighted by molar-refractivity contribution is -0.139. The van der Waals surface area contributed by atoms with Gasteiger partial charge in [0, 0.05) is 13.7 Å². The van der Waals surface area contributed by atoms with Gasteiger partial charge in [0.05, 0.1) is 25.5 Å². The lowest BCUT2D eigenvalue weighted by Gasteiger charge is -2.02. The van der Waals surface area contributed by atoms with Gasteiger partial charge in [-0.25, -0.2) is 10.2 Å². The molecule has 2 amide bonds. The maximum atomic E-state index is 11.4. The summed E-state index contributed by atoms with van der Waals surface area (Å²) in [5.74, 6) is -2.11. The second kappa shape index (κ2) is 9.24. The topological polar surface area (TPSA) is 106 Å². The summed E-state index contributed by atoms with van der Waals surface area (Å²) in [5, 5.41) is 6.01. The van der Waals surface area contributed by atoms with Crippen LogP contribution in [0.5, 0.6) is 0 Å². The van der Waals surface area contributed by atoms with Crippen LogP contribution in [-0.2, 0) is 19.1 Å². The third-order valence-electron chi connectivity index (χ3n) is 2.51. The summed E-state index contributed by atoms with van der Waals surface area (Å²) in [4.78, 5) is 33.9. The predicted octanol–water partition coefficient (Wildman–Crippen LogP) is -0.314. The summed E-state index contributed by atoms with van der Waals surface area (Å²) in [7, 11) is 2.78. The molecule has 8 heteroatoms. The number of ether oxygens (including phenoxy) is 2. The van der Waals surface area contributed by atoms with E-state index in [4.69, 9.17) is 4.74 Å². The minimum absolute atomic E-state index is 0.238. The largest absolute Gasteiger partial charge is 0.465 e. The van der Waals surface area contributed by atoms with Crippen molar-refractivity contribution in [3.05, 3.63) is 35.4 Å². The van der Waals surface area contributed by atoms with E-state index in [1.54, 1.807) is 24.3 Å². The Labute approximate surface area is 127 Å². The van der Waals surface area contributed by atoms with Crippen LogP contribution in [0.4, 0.5) is 0 Å². The molecular formula is C14H17N3O5. The zero-order valence-electron chi connectivity index (χ0n) is 12.3. The Balaban J connectivity index is 2.46. The molecule has 0 saturated heterocycles. The zero-order chi connectivity index (χ0) is 16.4. The Bertz CT molecular complexity index is 554. The SMILES string of the molecule is COCCNC(=O)C(=O)N/N=C\c1ccc(C(=O)OC)cc1. The fourth-order valence-corrected chi connectivity index (χ4v) is 1.39. The molecule has 1 aromatic rings. The van der Waals surface area contributed by atoms with E-state index in [9.17, 15) is 14.4 Å². The number of nitrogens with zero attached hydrogens (tertiary/aromatic N) is 1. The van der Waals surface area contributed by atoms with E-state index in [0.717, 1.165) is 0 Å². The van der Waals surface area contributed by atoms with Crippen LogP contribution in [0.1, 0.15) is 15.9 Å². The number of esters is 1. The van der Waals surface area contributed by atoms with Gasteiger partial charge in [-0.2, -0.15) is 5.10 Å². The van der Waals surface area contributed by atoms with Crippen LogP contribution in [0.3, 0.4) is 0 Å². The molecule has 0 heterocycles. The molecule has 0 saturated carbocycles. The minimum Gasteiger partial charge on any atom is -0.465 e. The van der Waals surface area contributed by atoms with E-state index >= 15 is 0 Å². The van der Waals surface area contributed by atoms with Crippen molar-refractivity contribution in [2.75, 3.05) is 27.4 Å². The fourth-order valence-electron chi connectivity index (χ4n) is 1.39. The van der Waals surface area contributed by atoms with Crippen molar-refractivity contribution in [1.29, 1.82) is 0 Å². The highest BCUT2D eigenvalue weighted by Crippen LogP contribution is 2.03. The second-order valence-electron chi connectivity index (χ2n) is 4.06. The first-order chi connectivity index (χ1) is 10.6. The molecule has 0 radical (unpaired) electrons. The molecule has 118 valence electrons. The van der Waals surface area contributed by atoms with Crippen molar-refractivity contribution < 1.29 is 23.9 Å². The average Bonchev–Trinajstić information content (AvgIpc) is 2.54. The number of benzene rings is 1. The third-order valence-corrected chi connectivity index (χ3v) is 2.51. The molecule has 0 unspecified atom stereocenters. The number of hydrazone groups is 1. The molecule has 0 aromatic heterocycles. The van der Waals surface area contributed by atoms with Crippen LogP contribution in [0.15, 0.2) is 29.4 Å². The van der Waals surface area contributed by atoms with Crippen LogP contribution in [-0.4, -0.2) is 51.4 Å². The molecule has 1 aromatic carbocycles. The summed E-state index contributed by atoms with van der Waals surface area (Å²) in [6.07, 6.45) is 1.35. The summed E-state index contributed by atoms with van der Waals surface area (Å²) >= 11 is 0. The number of hydrogen-bond acceptors (Lipinski definition) is 6. The van der Waals surface area contributed by atoms with Crippen LogP contribution in [0, 0.1) is 0 Å². The Morgan fingerprint density at radius 1 is 1.14 bits per heavy atom. The van der Waals surface area contributed by atoms with E-state index in [2.05, 4.69) is 20.6 Å². The molecule has 0 aliphatic carbocycles. The predicted molar refractivity (Wildman–Crippen MR) is 78.4 cm³/mol. The monoisotopic (exact) mass is 307 g/mol. The summed E-state index contributed by atoms with van der Waals surface area (Å²) in [6, 6.07) is 6.38. The molecule has 8 nitrogen and oxygen atoms in total. The van der Waals surface area contributed by atoms with Crippen LogP contribution in [0.25, 0.3) is 0 Å². The van der Waals surface area contributed by atoms with Gasteiger partial charge in [-0.1, -0.05) is 12.1 Å². The number of nitrogens with one attached hydrogen (secondary N) is 2. The molecule has 0 atom stereocenters. The highest BCUT2D eigenvalue weighted by molar-refractivity contribution is 6.35. The van der Waals surface area contributed by atoms with Crippen molar-refractivity contribution in [3.63, 3.8) is 0 Å². The van der Waals surface area contributed by atoms with Crippen LogP contribution >= 0.6 is 0 Å². The van der Waals surface area contributed by atoms with Crippen molar-refractivity contribution in [2.45, 2.75) is 0 Å². The summed E-state index contributed by atoms with van der Waals surface area (Å²) in [6.45, 7) is 0.552. The molecule has 0 spiro atoms. The zero-order valence-corrected chi connectivity index (χ0v) is 12.3.